The summed E-state index contributed by atoms with van der Waals surface area (Å²) in [5.74, 6) is 1.77. The van der Waals surface area contributed by atoms with E-state index in [1.165, 1.54) is 0 Å². The molecule has 2 fully saturated rings. The molecule has 180 valence electrons. The Morgan fingerprint density at radius 3 is 2.43 bits per heavy atom. The van der Waals surface area contributed by atoms with Crippen LogP contribution in [0.1, 0.15) is 36.0 Å². The number of ether oxygens (including phenoxy) is 3. The first kappa shape index (κ1) is 22.0. The monoisotopic (exact) mass is 470 g/mol. The van der Waals surface area contributed by atoms with Crippen molar-refractivity contribution in [2.75, 3.05) is 31.0 Å². The SMILES string of the molecule is COc1ccc(N2C(=O)C(c3ccccc3)C2[C@@H]2Nc3ccc(OC)cc3[C@@H]3OCCC[C@@H]32)cc1. The Morgan fingerprint density at radius 1 is 0.943 bits per heavy atom. The Labute approximate surface area is 205 Å². The minimum atomic E-state index is -0.210. The largest absolute Gasteiger partial charge is 0.497 e. The van der Waals surface area contributed by atoms with Gasteiger partial charge in [0.2, 0.25) is 5.91 Å². The number of hydrogen-bond donors (Lipinski definition) is 1. The number of carbonyl (C=O) groups is 1. The Balaban J connectivity index is 1.43. The molecule has 0 spiro atoms. The third-order valence-electron chi connectivity index (χ3n) is 7.74. The highest BCUT2D eigenvalue weighted by Gasteiger charge is 2.56. The van der Waals surface area contributed by atoms with E-state index in [2.05, 4.69) is 29.6 Å². The van der Waals surface area contributed by atoms with E-state index in [1.54, 1.807) is 14.2 Å². The fourth-order valence-corrected chi connectivity index (χ4v) is 6.07. The zero-order valence-corrected chi connectivity index (χ0v) is 20.0. The number of fused-ring (bicyclic) bond motifs is 3. The van der Waals surface area contributed by atoms with Crippen LogP contribution in [0.4, 0.5) is 11.4 Å². The number of nitrogens with one attached hydrogen (secondary N) is 1. The van der Waals surface area contributed by atoms with Crippen LogP contribution in [0.5, 0.6) is 11.5 Å². The average Bonchev–Trinajstić information content (AvgIpc) is 2.92. The molecule has 3 aromatic carbocycles. The van der Waals surface area contributed by atoms with Gasteiger partial charge in [-0.1, -0.05) is 30.3 Å². The van der Waals surface area contributed by atoms with E-state index in [0.29, 0.717) is 0 Å². The van der Waals surface area contributed by atoms with Crippen molar-refractivity contribution < 1.29 is 19.0 Å². The van der Waals surface area contributed by atoms with Gasteiger partial charge in [0.25, 0.3) is 0 Å². The van der Waals surface area contributed by atoms with Gasteiger partial charge in [-0.05, 0) is 60.9 Å². The van der Waals surface area contributed by atoms with Crippen molar-refractivity contribution in [1.82, 2.24) is 0 Å². The molecule has 6 nitrogen and oxygen atoms in total. The van der Waals surface area contributed by atoms with Crippen LogP contribution < -0.4 is 19.7 Å². The molecule has 2 unspecified atom stereocenters. The van der Waals surface area contributed by atoms with Crippen LogP contribution in [0.3, 0.4) is 0 Å². The zero-order valence-electron chi connectivity index (χ0n) is 20.0. The highest BCUT2D eigenvalue weighted by Crippen LogP contribution is 2.51. The van der Waals surface area contributed by atoms with Crippen LogP contribution in [0, 0.1) is 5.92 Å². The fraction of sp³-hybridized carbons (Fsp3) is 0.345. The molecule has 1 amide bonds. The third kappa shape index (κ3) is 3.64. The van der Waals surface area contributed by atoms with Crippen LogP contribution in [0.25, 0.3) is 0 Å². The summed E-state index contributed by atoms with van der Waals surface area (Å²) in [5, 5.41) is 3.84. The first-order valence-electron chi connectivity index (χ1n) is 12.3. The summed E-state index contributed by atoms with van der Waals surface area (Å²) in [6.45, 7) is 0.748. The van der Waals surface area contributed by atoms with E-state index < -0.39 is 0 Å². The molecule has 3 aliphatic heterocycles. The summed E-state index contributed by atoms with van der Waals surface area (Å²) >= 11 is 0. The number of benzene rings is 3. The van der Waals surface area contributed by atoms with Gasteiger partial charge in [-0.25, -0.2) is 0 Å². The maximum absolute atomic E-state index is 13.7. The van der Waals surface area contributed by atoms with Gasteiger partial charge < -0.3 is 24.4 Å². The van der Waals surface area contributed by atoms with Crippen LogP contribution in [-0.2, 0) is 9.53 Å². The van der Waals surface area contributed by atoms with Crippen molar-refractivity contribution in [3.8, 4) is 11.5 Å². The zero-order chi connectivity index (χ0) is 23.9. The molecule has 3 aliphatic rings. The van der Waals surface area contributed by atoms with Crippen LogP contribution in [0.15, 0.2) is 72.8 Å². The minimum Gasteiger partial charge on any atom is -0.497 e. The van der Waals surface area contributed by atoms with Gasteiger partial charge in [-0.2, -0.15) is 0 Å². The number of carbonyl (C=O) groups excluding carboxylic acids is 1. The van der Waals surface area contributed by atoms with Crippen LogP contribution in [-0.4, -0.2) is 38.8 Å². The maximum Gasteiger partial charge on any atom is 0.237 e. The van der Waals surface area contributed by atoms with E-state index >= 15 is 0 Å². The van der Waals surface area contributed by atoms with Gasteiger partial charge in [-0.3, -0.25) is 4.79 Å². The van der Waals surface area contributed by atoms with Crippen molar-refractivity contribution in [1.29, 1.82) is 0 Å². The fourth-order valence-electron chi connectivity index (χ4n) is 6.07. The highest BCUT2D eigenvalue weighted by atomic mass is 16.5. The van der Waals surface area contributed by atoms with Crippen LogP contribution in [0.2, 0.25) is 0 Å². The van der Waals surface area contributed by atoms with Gasteiger partial charge in [0.15, 0.2) is 0 Å². The van der Waals surface area contributed by atoms with E-state index in [9.17, 15) is 4.79 Å². The summed E-state index contributed by atoms with van der Waals surface area (Å²) in [7, 11) is 3.34. The number of nitrogens with zero attached hydrogens (tertiary/aromatic N) is 1. The van der Waals surface area contributed by atoms with E-state index in [1.807, 2.05) is 53.4 Å². The van der Waals surface area contributed by atoms with E-state index in [0.717, 1.165) is 53.4 Å². The van der Waals surface area contributed by atoms with Gasteiger partial charge >= 0.3 is 0 Å². The Hall–Kier alpha value is -3.51. The summed E-state index contributed by atoms with van der Waals surface area (Å²) in [4.78, 5) is 15.6. The first-order chi connectivity index (χ1) is 17.2. The molecular weight excluding hydrogens is 440 g/mol. The second-order valence-electron chi connectivity index (χ2n) is 9.51. The van der Waals surface area contributed by atoms with Crippen LogP contribution >= 0.6 is 0 Å². The molecule has 0 aliphatic carbocycles. The molecule has 0 radical (unpaired) electrons. The van der Waals surface area contributed by atoms with Gasteiger partial charge in [0.05, 0.1) is 38.3 Å². The lowest BCUT2D eigenvalue weighted by Gasteiger charge is -2.55. The quantitative estimate of drug-likeness (QED) is 0.522. The maximum atomic E-state index is 13.7. The lowest BCUT2D eigenvalue weighted by atomic mass is 9.69. The normalized spacial score (nSPS) is 27.2. The minimum absolute atomic E-state index is 0.0232. The van der Waals surface area contributed by atoms with Crippen molar-refractivity contribution >= 4 is 17.3 Å². The molecule has 0 saturated carbocycles. The second-order valence-corrected chi connectivity index (χ2v) is 9.51. The van der Waals surface area contributed by atoms with Gasteiger partial charge in [-0.15, -0.1) is 0 Å². The summed E-state index contributed by atoms with van der Waals surface area (Å²) in [6.07, 6.45) is 2.03. The van der Waals surface area contributed by atoms with E-state index in [4.69, 9.17) is 14.2 Å². The molecule has 35 heavy (non-hydrogen) atoms. The Morgan fingerprint density at radius 2 is 1.69 bits per heavy atom. The topological polar surface area (TPSA) is 60.0 Å². The van der Waals surface area contributed by atoms with Gasteiger partial charge in [0.1, 0.15) is 11.5 Å². The third-order valence-corrected chi connectivity index (χ3v) is 7.74. The number of β-lactam (4-membered cyclic amide) rings is 1. The molecular formula is C29H30N2O4. The number of hydrogen-bond acceptors (Lipinski definition) is 5. The molecule has 5 atom stereocenters. The average molecular weight is 471 g/mol. The van der Waals surface area contributed by atoms with E-state index in [-0.39, 0.29) is 35.9 Å². The smallest absolute Gasteiger partial charge is 0.237 e. The lowest BCUT2D eigenvalue weighted by Crippen LogP contribution is -2.68. The molecule has 0 bridgehead atoms. The summed E-state index contributed by atoms with van der Waals surface area (Å²) in [5.41, 5.74) is 4.15. The standard InChI is InChI=1S/C29H30N2O4/c1-33-20-12-10-19(11-13-20)31-27(25(29(31)32)18-7-4-3-5-8-18)26-22-9-6-16-35-28(22)23-17-21(34-2)14-15-24(23)30-26/h3-5,7-8,10-15,17,22,25-28,30H,6,9,16H2,1-2H3/t22-,25?,26-,27?,28-/m1/s1. The predicted molar refractivity (Wildman–Crippen MR) is 135 cm³/mol. The molecule has 1 N–H and O–H groups in total. The summed E-state index contributed by atoms with van der Waals surface area (Å²) in [6, 6.07) is 24.1. The summed E-state index contributed by atoms with van der Waals surface area (Å²) < 4.78 is 17.2. The van der Waals surface area contributed by atoms with Crippen molar-refractivity contribution in [2.45, 2.75) is 36.9 Å². The van der Waals surface area contributed by atoms with Crippen molar-refractivity contribution in [3.05, 3.63) is 83.9 Å². The molecule has 3 heterocycles. The van der Waals surface area contributed by atoms with Crippen molar-refractivity contribution in [3.63, 3.8) is 0 Å². The lowest BCUT2D eigenvalue weighted by molar-refractivity contribution is -0.128. The molecule has 0 aromatic heterocycles. The highest BCUT2D eigenvalue weighted by molar-refractivity contribution is 6.07. The first-order valence-corrected chi connectivity index (χ1v) is 12.3. The van der Waals surface area contributed by atoms with Gasteiger partial charge in [0, 0.05) is 29.5 Å². The number of rotatable bonds is 5. The molecule has 6 rings (SSSR count). The number of amides is 1. The Bertz CT molecular complexity index is 1210. The predicted octanol–water partition coefficient (Wildman–Crippen LogP) is 5.16. The Kier molecular flexibility index (Phi) is 5.61. The second kappa shape index (κ2) is 8.93. The number of anilines is 2. The van der Waals surface area contributed by atoms with Crippen molar-refractivity contribution in [2.24, 2.45) is 5.92 Å². The molecule has 2 saturated heterocycles. The molecule has 3 aromatic rings. The molecule has 6 heteroatoms. The number of methoxy groups -OCH3 is 2.